The minimum Gasteiger partial charge on any atom is -0.384 e. The lowest BCUT2D eigenvalue weighted by atomic mass is 10.1. The van der Waals surface area contributed by atoms with Crippen molar-refractivity contribution < 1.29 is 9.84 Å². The summed E-state index contributed by atoms with van der Waals surface area (Å²) in [6, 6.07) is 18.1. The summed E-state index contributed by atoms with van der Waals surface area (Å²) in [5, 5.41) is 11.3. The van der Waals surface area contributed by atoms with E-state index in [1.54, 1.807) is 18.2 Å². The van der Waals surface area contributed by atoms with Gasteiger partial charge in [-0.25, -0.2) is 0 Å². The maximum absolute atomic E-state index is 11.5. The Labute approximate surface area is 138 Å². The van der Waals surface area contributed by atoms with Gasteiger partial charge < -0.3 is 14.8 Å². The first-order valence-corrected chi connectivity index (χ1v) is 7.68. The van der Waals surface area contributed by atoms with E-state index in [1.165, 1.54) is 6.07 Å². The van der Waals surface area contributed by atoms with Crippen molar-refractivity contribution in [3.63, 3.8) is 0 Å². The quantitative estimate of drug-likeness (QED) is 0.706. The van der Waals surface area contributed by atoms with Gasteiger partial charge in [0.15, 0.2) is 5.56 Å². The van der Waals surface area contributed by atoms with Crippen LogP contribution in [0.25, 0.3) is 10.9 Å². The molecule has 0 aliphatic rings. The van der Waals surface area contributed by atoms with Crippen molar-refractivity contribution in [3.8, 4) is 0 Å². The molecule has 5 heteroatoms. The average Bonchev–Trinajstić information content (AvgIpc) is 2.59. The Morgan fingerprint density at radius 1 is 1.04 bits per heavy atom. The predicted octanol–water partition coefficient (Wildman–Crippen LogP) is 3.34. The zero-order valence-corrected chi connectivity index (χ0v) is 13.0. The van der Waals surface area contributed by atoms with Crippen LogP contribution >= 0.6 is 11.6 Å². The second kappa shape index (κ2) is 6.96. The highest BCUT2D eigenvalue weighted by Gasteiger charge is 2.21. The number of aromatic amines is 1. The van der Waals surface area contributed by atoms with Gasteiger partial charge in [0.05, 0.1) is 12.1 Å². The number of rotatable bonds is 5. The van der Waals surface area contributed by atoms with E-state index in [4.69, 9.17) is 16.3 Å². The fourth-order valence-corrected chi connectivity index (χ4v) is 2.63. The summed E-state index contributed by atoms with van der Waals surface area (Å²) in [7, 11) is 0. The molecule has 0 amide bonds. The molecule has 2 atom stereocenters. The van der Waals surface area contributed by atoms with Crippen molar-refractivity contribution in [2.75, 3.05) is 0 Å². The van der Waals surface area contributed by atoms with Crippen LogP contribution in [0.4, 0.5) is 0 Å². The first-order chi connectivity index (χ1) is 11.1. The molecule has 0 saturated carbocycles. The Morgan fingerprint density at radius 2 is 1.83 bits per heavy atom. The Bertz CT molecular complexity index is 848. The lowest BCUT2D eigenvalue weighted by Gasteiger charge is -2.19. The zero-order chi connectivity index (χ0) is 16.2. The first-order valence-electron chi connectivity index (χ1n) is 7.25. The number of para-hydroxylation sites is 1. The number of hydrogen-bond acceptors (Lipinski definition) is 3. The highest BCUT2D eigenvalue weighted by atomic mass is 35.5. The Morgan fingerprint density at radius 3 is 2.61 bits per heavy atom. The minimum absolute atomic E-state index is 0.228. The molecule has 1 aromatic heterocycles. The van der Waals surface area contributed by atoms with E-state index in [9.17, 15) is 9.90 Å². The standard InChI is InChI=1S/C18H16ClNO3/c19-18(23-11-12-5-2-1-3-6-12)17(22)14-8-4-7-13-9-10-15(21)20-16(13)14/h1-10,17-18,22H,11H2,(H,20,21)/t17?,18-/m0/s1. The van der Waals surface area contributed by atoms with Gasteiger partial charge in [0, 0.05) is 11.6 Å². The van der Waals surface area contributed by atoms with Gasteiger partial charge in [0.1, 0.15) is 6.10 Å². The number of pyridine rings is 1. The van der Waals surface area contributed by atoms with Crippen LogP contribution in [0.2, 0.25) is 0 Å². The molecule has 118 valence electrons. The van der Waals surface area contributed by atoms with Gasteiger partial charge in [-0.05, 0) is 17.0 Å². The van der Waals surface area contributed by atoms with E-state index < -0.39 is 11.7 Å². The zero-order valence-electron chi connectivity index (χ0n) is 12.3. The number of ether oxygens (including phenoxy) is 1. The number of benzene rings is 2. The Kier molecular flexibility index (Phi) is 4.76. The highest BCUT2D eigenvalue weighted by molar-refractivity contribution is 6.20. The summed E-state index contributed by atoms with van der Waals surface area (Å²) in [5.74, 6) is 0. The molecular formula is C18H16ClNO3. The molecule has 0 bridgehead atoms. The molecule has 0 radical (unpaired) electrons. The molecule has 23 heavy (non-hydrogen) atoms. The van der Waals surface area contributed by atoms with E-state index in [0.717, 1.165) is 10.9 Å². The number of aliphatic hydroxyl groups excluding tert-OH is 1. The van der Waals surface area contributed by atoms with Crippen molar-refractivity contribution in [2.45, 2.75) is 18.3 Å². The molecule has 0 spiro atoms. The summed E-state index contributed by atoms with van der Waals surface area (Å²) in [5.41, 5.74) is 0.921. The molecule has 0 aliphatic carbocycles. The number of aromatic nitrogens is 1. The van der Waals surface area contributed by atoms with E-state index in [1.807, 2.05) is 36.4 Å². The van der Waals surface area contributed by atoms with Gasteiger partial charge in [-0.15, -0.1) is 0 Å². The van der Waals surface area contributed by atoms with E-state index in [-0.39, 0.29) is 5.56 Å². The SMILES string of the molecule is O=c1ccc2cccc(C(O)[C@@H](Cl)OCc3ccccc3)c2[nH]1. The smallest absolute Gasteiger partial charge is 0.248 e. The number of aliphatic hydroxyl groups is 1. The lowest BCUT2D eigenvalue weighted by Crippen LogP contribution is -2.17. The maximum atomic E-state index is 11.5. The molecule has 0 saturated heterocycles. The lowest BCUT2D eigenvalue weighted by molar-refractivity contribution is 0.000713. The van der Waals surface area contributed by atoms with Gasteiger partial charge in [0.2, 0.25) is 5.56 Å². The molecule has 2 N–H and O–H groups in total. The first kappa shape index (κ1) is 15.7. The van der Waals surface area contributed by atoms with Crippen molar-refractivity contribution in [2.24, 2.45) is 0 Å². The van der Waals surface area contributed by atoms with E-state index in [2.05, 4.69) is 4.98 Å². The summed E-state index contributed by atoms with van der Waals surface area (Å²) in [6.45, 7) is 0.299. The fourth-order valence-electron chi connectivity index (χ4n) is 2.43. The van der Waals surface area contributed by atoms with E-state index in [0.29, 0.717) is 17.7 Å². The van der Waals surface area contributed by atoms with Crippen molar-refractivity contribution in [1.29, 1.82) is 0 Å². The average molecular weight is 330 g/mol. The summed E-state index contributed by atoms with van der Waals surface area (Å²) in [4.78, 5) is 14.3. The Balaban J connectivity index is 1.81. The number of nitrogens with one attached hydrogen (secondary N) is 1. The van der Waals surface area contributed by atoms with Crippen molar-refractivity contribution in [1.82, 2.24) is 4.98 Å². The van der Waals surface area contributed by atoms with Crippen LogP contribution in [-0.2, 0) is 11.3 Å². The molecule has 3 rings (SSSR count). The molecule has 0 aliphatic heterocycles. The summed E-state index contributed by atoms with van der Waals surface area (Å²) < 4.78 is 5.55. The van der Waals surface area contributed by atoms with Gasteiger partial charge in [-0.1, -0.05) is 60.1 Å². The van der Waals surface area contributed by atoms with Crippen molar-refractivity contribution in [3.05, 3.63) is 82.1 Å². The third-order valence-corrected chi connectivity index (χ3v) is 3.97. The number of alkyl halides is 1. The van der Waals surface area contributed by atoms with Gasteiger partial charge >= 0.3 is 0 Å². The van der Waals surface area contributed by atoms with Crippen LogP contribution in [-0.4, -0.2) is 15.7 Å². The molecule has 4 nitrogen and oxygen atoms in total. The number of fused-ring (bicyclic) bond motifs is 1. The third kappa shape index (κ3) is 3.62. The van der Waals surface area contributed by atoms with Crippen molar-refractivity contribution >= 4 is 22.5 Å². The summed E-state index contributed by atoms with van der Waals surface area (Å²) >= 11 is 6.19. The van der Waals surface area contributed by atoms with Crippen LogP contribution in [0, 0.1) is 0 Å². The third-order valence-electron chi connectivity index (χ3n) is 3.61. The second-order valence-corrected chi connectivity index (χ2v) is 5.66. The maximum Gasteiger partial charge on any atom is 0.248 e. The predicted molar refractivity (Wildman–Crippen MR) is 90.4 cm³/mol. The summed E-state index contributed by atoms with van der Waals surface area (Å²) in [6.07, 6.45) is -1.05. The van der Waals surface area contributed by atoms with Crippen LogP contribution in [0.15, 0.2) is 65.5 Å². The van der Waals surface area contributed by atoms with Crippen LogP contribution in [0.3, 0.4) is 0 Å². The molecule has 3 aromatic rings. The van der Waals surface area contributed by atoms with Crippen LogP contribution < -0.4 is 5.56 Å². The minimum atomic E-state index is -1.05. The molecular weight excluding hydrogens is 314 g/mol. The molecule has 1 unspecified atom stereocenters. The number of halogens is 1. The Hall–Kier alpha value is -2.14. The largest absolute Gasteiger partial charge is 0.384 e. The molecule has 1 heterocycles. The van der Waals surface area contributed by atoms with Gasteiger partial charge in [0.25, 0.3) is 0 Å². The highest BCUT2D eigenvalue weighted by Crippen LogP contribution is 2.27. The van der Waals surface area contributed by atoms with E-state index >= 15 is 0 Å². The number of hydrogen-bond donors (Lipinski definition) is 2. The van der Waals surface area contributed by atoms with Gasteiger partial charge in [-0.3, -0.25) is 4.79 Å². The topological polar surface area (TPSA) is 62.3 Å². The second-order valence-electron chi connectivity index (χ2n) is 5.23. The number of H-pyrrole nitrogens is 1. The normalized spacial score (nSPS) is 13.8. The van der Waals surface area contributed by atoms with Gasteiger partial charge in [-0.2, -0.15) is 0 Å². The monoisotopic (exact) mass is 329 g/mol. The van der Waals surface area contributed by atoms with Crippen LogP contribution in [0.1, 0.15) is 17.2 Å². The molecule has 2 aromatic carbocycles. The fraction of sp³-hybridized carbons (Fsp3) is 0.167. The van der Waals surface area contributed by atoms with Crippen LogP contribution in [0.5, 0.6) is 0 Å². The molecule has 0 fully saturated rings.